The monoisotopic (exact) mass is 245 g/mol. The van der Waals surface area contributed by atoms with Crippen molar-refractivity contribution >= 4 is 5.91 Å². The zero-order valence-electron chi connectivity index (χ0n) is 10.7. The Kier molecular flexibility index (Phi) is 6.47. The summed E-state index contributed by atoms with van der Waals surface area (Å²) in [5, 5.41) is 9.04. The summed E-state index contributed by atoms with van der Waals surface area (Å²) >= 11 is 0. The summed E-state index contributed by atoms with van der Waals surface area (Å²) in [6, 6.07) is 0.0948. The third-order valence-electron chi connectivity index (χ3n) is 2.91. The fourth-order valence-electron chi connectivity index (χ4n) is 1.89. The first-order chi connectivity index (χ1) is 8.19. The van der Waals surface area contributed by atoms with Gasteiger partial charge in [-0.2, -0.15) is 0 Å². The lowest BCUT2D eigenvalue weighted by Gasteiger charge is -2.37. The van der Waals surface area contributed by atoms with Gasteiger partial charge in [-0.1, -0.05) is 0 Å². The normalized spacial score (nSPS) is 25.0. The molecule has 1 aliphatic rings. The minimum absolute atomic E-state index is 0.0323. The van der Waals surface area contributed by atoms with E-state index in [1.807, 2.05) is 13.8 Å². The first kappa shape index (κ1) is 14.4. The second-order valence-electron chi connectivity index (χ2n) is 4.33. The van der Waals surface area contributed by atoms with Crippen molar-refractivity contribution in [1.29, 1.82) is 0 Å². The third-order valence-corrected chi connectivity index (χ3v) is 2.91. The van der Waals surface area contributed by atoms with Crippen molar-refractivity contribution in [3.8, 4) is 0 Å². The number of carbonyl (C=O) groups excluding carboxylic acids is 1. The van der Waals surface area contributed by atoms with E-state index < -0.39 is 0 Å². The quantitative estimate of drug-likeness (QED) is 0.689. The zero-order valence-corrected chi connectivity index (χ0v) is 10.7. The van der Waals surface area contributed by atoms with E-state index in [1.54, 1.807) is 4.90 Å². The maximum atomic E-state index is 12.0. The van der Waals surface area contributed by atoms with Crippen LogP contribution in [0.4, 0.5) is 0 Å². The number of aliphatic hydroxyl groups excluding tert-OH is 1. The van der Waals surface area contributed by atoms with Crippen LogP contribution in [-0.4, -0.2) is 61.0 Å². The second kappa shape index (κ2) is 7.63. The first-order valence-electron chi connectivity index (χ1n) is 6.28. The fourth-order valence-corrected chi connectivity index (χ4v) is 1.89. The summed E-state index contributed by atoms with van der Waals surface area (Å²) in [5.74, 6) is 0.124. The van der Waals surface area contributed by atoms with Crippen LogP contribution in [0.25, 0.3) is 0 Å². The predicted molar refractivity (Wildman–Crippen MR) is 63.7 cm³/mol. The van der Waals surface area contributed by atoms with E-state index in [-0.39, 0.29) is 24.7 Å². The van der Waals surface area contributed by atoms with E-state index in [0.29, 0.717) is 32.8 Å². The van der Waals surface area contributed by atoms with Gasteiger partial charge in [0.05, 0.1) is 25.4 Å². The van der Waals surface area contributed by atoms with Gasteiger partial charge < -0.3 is 19.5 Å². The van der Waals surface area contributed by atoms with Crippen LogP contribution < -0.4 is 0 Å². The lowest BCUT2D eigenvalue weighted by molar-refractivity contribution is -0.146. The molecule has 0 aromatic carbocycles. The van der Waals surface area contributed by atoms with Crippen LogP contribution in [0.3, 0.4) is 0 Å². The molecule has 5 heteroatoms. The lowest BCUT2D eigenvalue weighted by atomic mass is 10.1. The molecule has 0 aliphatic carbocycles. The molecule has 2 unspecified atom stereocenters. The van der Waals surface area contributed by atoms with E-state index in [1.165, 1.54) is 0 Å². The molecule has 1 N–H and O–H groups in total. The molecule has 2 atom stereocenters. The molecule has 0 aromatic rings. The van der Waals surface area contributed by atoms with Crippen LogP contribution in [0.2, 0.25) is 0 Å². The van der Waals surface area contributed by atoms with Gasteiger partial charge in [0.1, 0.15) is 0 Å². The summed E-state index contributed by atoms with van der Waals surface area (Å²) in [5.41, 5.74) is 0. The van der Waals surface area contributed by atoms with Crippen molar-refractivity contribution in [3.63, 3.8) is 0 Å². The van der Waals surface area contributed by atoms with Gasteiger partial charge in [0.25, 0.3) is 0 Å². The molecular formula is C12H23NO4. The molecule has 0 aromatic heterocycles. The Morgan fingerprint density at radius 1 is 1.59 bits per heavy atom. The van der Waals surface area contributed by atoms with Crippen LogP contribution >= 0.6 is 0 Å². The molecule has 0 spiro atoms. The zero-order chi connectivity index (χ0) is 12.7. The number of amides is 1. The minimum atomic E-state index is -0.234. The van der Waals surface area contributed by atoms with E-state index in [9.17, 15) is 4.79 Å². The molecule has 1 aliphatic heterocycles. The van der Waals surface area contributed by atoms with Crippen molar-refractivity contribution < 1.29 is 19.4 Å². The van der Waals surface area contributed by atoms with Crippen molar-refractivity contribution in [3.05, 3.63) is 0 Å². The Bertz CT molecular complexity index is 235. The summed E-state index contributed by atoms with van der Waals surface area (Å²) in [6.45, 7) is 6.19. The molecule has 100 valence electrons. The van der Waals surface area contributed by atoms with Crippen LogP contribution in [0.5, 0.6) is 0 Å². The van der Waals surface area contributed by atoms with E-state index >= 15 is 0 Å². The number of hydrogen-bond acceptors (Lipinski definition) is 4. The number of nitrogens with zero attached hydrogens (tertiary/aromatic N) is 1. The Morgan fingerprint density at radius 3 is 3.00 bits per heavy atom. The highest BCUT2D eigenvalue weighted by Crippen LogP contribution is 2.13. The maximum Gasteiger partial charge on any atom is 0.223 e. The largest absolute Gasteiger partial charge is 0.394 e. The third kappa shape index (κ3) is 4.61. The Labute approximate surface area is 103 Å². The first-order valence-corrected chi connectivity index (χ1v) is 6.28. The molecule has 1 fully saturated rings. The SMILES string of the molecule is CCOCCCC(=O)N1CC(CO)OCC1C. The Hall–Kier alpha value is -0.650. The molecule has 1 saturated heterocycles. The van der Waals surface area contributed by atoms with E-state index in [4.69, 9.17) is 14.6 Å². The second-order valence-corrected chi connectivity index (χ2v) is 4.33. The Balaban J connectivity index is 2.32. The topological polar surface area (TPSA) is 59.0 Å². The van der Waals surface area contributed by atoms with Crippen LogP contribution in [-0.2, 0) is 14.3 Å². The number of morpholine rings is 1. The van der Waals surface area contributed by atoms with Crippen molar-refractivity contribution in [1.82, 2.24) is 4.90 Å². The minimum Gasteiger partial charge on any atom is -0.394 e. The van der Waals surface area contributed by atoms with Crippen LogP contribution in [0.15, 0.2) is 0 Å². The van der Waals surface area contributed by atoms with Gasteiger partial charge in [0.2, 0.25) is 5.91 Å². The van der Waals surface area contributed by atoms with Gasteiger partial charge in [-0.3, -0.25) is 4.79 Å². The maximum absolute atomic E-state index is 12.0. The number of carbonyl (C=O) groups is 1. The predicted octanol–water partition coefficient (Wildman–Crippen LogP) is 0.411. The van der Waals surface area contributed by atoms with E-state index in [2.05, 4.69) is 0 Å². The van der Waals surface area contributed by atoms with Gasteiger partial charge in [-0.25, -0.2) is 0 Å². The molecule has 1 amide bonds. The average molecular weight is 245 g/mol. The molecule has 1 heterocycles. The number of hydrogen-bond donors (Lipinski definition) is 1. The summed E-state index contributed by atoms with van der Waals surface area (Å²) in [4.78, 5) is 13.8. The number of aliphatic hydroxyl groups is 1. The van der Waals surface area contributed by atoms with Gasteiger partial charge in [-0.15, -0.1) is 0 Å². The molecular weight excluding hydrogens is 222 g/mol. The van der Waals surface area contributed by atoms with Gasteiger partial charge in [0.15, 0.2) is 0 Å². The van der Waals surface area contributed by atoms with Gasteiger partial charge in [0, 0.05) is 26.2 Å². The van der Waals surface area contributed by atoms with Gasteiger partial charge in [-0.05, 0) is 20.3 Å². The highest BCUT2D eigenvalue weighted by molar-refractivity contribution is 5.76. The molecule has 0 saturated carbocycles. The molecule has 17 heavy (non-hydrogen) atoms. The molecule has 5 nitrogen and oxygen atoms in total. The van der Waals surface area contributed by atoms with Gasteiger partial charge >= 0.3 is 0 Å². The Morgan fingerprint density at radius 2 is 2.35 bits per heavy atom. The standard InChI is InChI=1S/C12H23NO4/c1-3-16-6-4-5-12(15)13-7-11(8-14)17-9-10(13)2/h10-11,14H,3-9H2,1-2H3. The molecule has 0 bridgehead atoms. The van der Waals surface area contributed by atoms with Crippen molar-refractivity contribution in [2.24, 2.45) is 0 Å². The highest BCUT2D eigenvalue weighted by atomic mass is 16.5. The lowest BCUT2D eigenvalue weighted by Crippen LogP contribution is -2.52. The average Bonchev–Trinajstić information content (AvgIpc) is 2.35. The van der Waals surface area contributed by atoms with Crippen molar-refractivity contribution in [2.45, 2.75) is 38.8 Å². The molecule has 0 radical (unpaired) electrons. The summed E-state index contributed by atoms with van der Waals surface area (Å²) < 4.78 is 10.6. The fraction of sp³-hybridized carbons (Fsp3) is 0.917. The van der Waals surface area contributed by atoms with E-state index in [0.717, 1.165) is 6.42 Å². The smallest absolute Gasteiger partial charge is 0.223 e. The summed E-state index contributed by atoms with van der Waals surface area (Å²) in [6.07, 6.45) is 1.02. The van der Waals surface area contributed by atoms with Crippen LogP contribution in [0, 0.1) is 0 Å². The number of ether oxygens (including phenoxy) is 2. The summed E-state index contributed by atoms with van der Waals surface area (Å²) in [7, 11) is 0. The molecule has 1 rings (SSSR count). The van der Waals surface area contributed by atoms with Crippen LogP contribution in [0.1, 0.15) is 26.7 Å². The highest BCUT2D eigenvalue weighted by Gasteiger charge is 2.28. The number of rotatable bonds is 6. The van der Waals surface area contributed by atoms with Crippen molar-refractivity contribution in [2.75, 3.05) is 33.0 Å².